The molecule has 1 atom stereocenters. The van der Waals surface area contributed by atoms with E-state index >= 15 is 0 Å². The first-order valence-corrected chi connectivity index (χ1v) is 7.83. The van der Waals surface area contributed by atoms with E-state index in [0.29, 0.717) is 26.2 Å². The van der Waals surface area contributed by atoms with Crippen molar-refractivity contribution in [3.63, 3.8) is 0 Å². The molecule has 0 spiro atoms. The highest BCUT2D eigenvalue weighted by atomic mass is 16.5. The highest BCUT2D eigenvalue weighted by Crippen LogP contribution is 2.27. The summed E-state index contributed by atoms with van der Waals surface area (Å²) in [6.07, 6.45) is -0.0731. The zero-order valence-corrected chi connectivity index (χ0v) is 13.5. The molecular weight excluding hydrogens is 292 g/mol. The predicted molar refractivity (Wildman–Crippen MR) is 89.7 cm³/mol. The first-order chi connectivity index (χ1) is 11.2. The molecular formula is C18H22N2O3. The van der Waals surface area contributed by atoms with Gasteiger partial charge in [0.2, 0.25) is 5.91 Å². The van der Waals surface area contributed by atoms with E-state index < -0.39 is 0 Å². The molecule has 1 amide bonds. The van der Waals surface area contributed by atoms with Crippen LogP contribution in [0.15, 0.2) is 36.4 Å². The van der Waals surface area contributed by atoms with Crippen molar-refractivity contribution in [2.75, 3.05) is 40.4 Å². The topological polar surface area (TPSA) is 50.8 Å². The van der Waals surface area contributed by atoms with Gasteiger partial charge < -0.3 is 19.7 Å². The third kappa shape index (κ3) is 3.46. The maximum absolute atomic E-state index is 12.1. The molecule has 1 saturated heterocycles. The van der Waals surface area contributed by atoms with Crippen LogP contribution in [0.25, 0.3) is 10.8 Å². The quantitative estimate of drug-likeness (QED) is 0.937. The Morgan fingerprint density at radius 2 is 2.09 bits per heavy atom. The van der Waals surface area contributed by atoms with E-state index in [1.165, 1.54) is 0 Å². The summed E-state index contributed by atoms with van der Waals surface area (Å²) in [4.78, 5) is 13.9. The molecule has 5 nitrogen and oxygen atoms in total. The third-order valence-corrected chi connectivity index (χ3v) is 4.19. The van der Waals surface area contributed by atoms with E-state index in [4.69, 9.17) is 9.47 Å². The van der Waals surface area contributed by atoms with E-state index in [-0.39, 0.29) is 12.0 Å². The molecule has 2 aromatic carbocycles. The molecule has 1 fully saturated rings. The summed E-state index contributed by atoms with van der Waals surface area (Å²) in [5.41, 5.74) is 1.10. The summed E-state index contributed by atoms with van der Waals surface area (Å²) in [6.45, 7) is 2.19. The fourth-order valence-corrected chi connectivity index (χ4v) is 2.91. The minimum Gasteiger partial charge on any atom is -0.497 e. The van der Waals surface area contributed by atoms with E-state index in [0.717, 1.165) is 22.1 Å². The summed E-state index contributed by atoms with van der Waals surface area (Å²) >= 11 is 0. The number of carbonyl (C=O) groups is 1. The Morgan fingerprint density at radius 3 is 2.87 bits per heavy atom. The SMILES string of the molecule is CNCC(=O)N1CCO[C@H](c2ccc3cc(OC)ccc3c2)C1. The first kappa shape index (κ1) is 15.8. The number of hydrogen-bond acceptors (Lipinski definition) is 4. The lowest BCUT2D eigenvalue weighted by molar-refractivity contribution is -0.137. The molecule has 1 heterocycles. The van der Waals surface area contributed by atoms with Crippen molar-refractivity contribution in [3.8, 4) is 5.75 Å². The normalized spacial score (nSPS) is 18.2. The van der Waals surface area contributed by atoms with Crippen LogP contribution in [0.2, 0.25) is 0 Å². The standard InChI is InChI=1S/C18H22N2O3/c1-19-11-18(21)20-7-8-23-17(12-20)15-4-3-14-10-16(22-2)6-5-13(14)9-15/h3-6,9-10,17,19H,7-8,11-12H2,1-2H3/t17-/m0/s1. The lowest BCUT2D eigenvalue weighted by Gasteiger charge is -2.33. The largest absolute Gasteiger partial charge is 0.497 e. The Morgan fingerprint density at radius 1 is 1.30 bits per heavy atom. The number of likely N-dealkylation sites (N-methyl/N-ethyl adjacent to an activating group) is 1. The average molecular weight is 314 g/mol. The summed E-state index contributed by atoms with van der Waals surface area (Å²) < 4.78 is 11.1. The Labute approximate surface area is 136 Å². The fourth-order valence-electron chi connectivity index (χ4n) is 2.91. The van der Waals surface area contributed by atoms with Crippen molar-refractivity contribution in [1.29, 1.82) is 0 Å². The van der Waals surface area contributed by atoms with Gasteiger partial charge in [-0.25, -0.2) is 0 Å². The molecule has 122 valence electrons. The zero-order valence-electron chi connectivity index (χ0n) is 13.5. The maximum Gasteiger partial charge on any atom is 0.236 e. The molecule has 23 heavy (non-hydrogen) atoms. The predicted octanol–water partition coefficient (Wildman–Crippen LogP) is 1.97. The van der Waals surface area contributed by atoms with Crippen LogP contribution in [0.4, 0.5) is 0 Å². The molecule has 0 unspecified atom stereocenters. The Hall–Kier alpha value is -2.11. The first-order valence-electron chi connectivity index (χ1n) is 7.83. The lowest BCUT2D eigenvalue weighted by atomic mass is 10.0. The van der Waals surface area contributed by atoms with Gasteiger partial charge in [-0.15, -0.1) is 0 Å². The van der Waals surface area contributed by atoms with E-state index in [2.05, 4.69) is 23.5 Å². The number of methoxy groups -OCH3 is 1. The van der Waals surface area contributed by atoms with E-state index in [9.17, 15) is 4.79 Å². The van der Waals surface area contributed by atoms with Crippen molar-refractivity contribution < 1.29 is 14.3 Å². The van der Waals surface area contributed by atoms with Gasteiger partial charge in [0.15, 0.2) is 0 Å². The number of benzene rings is 2. The summed E-state index contributed by atoms with van der Waals surface area (Å²) in [5.74, 6) is 0.967. The summed E-state index contributed by atoms with van der Waals surface area (Å²) in [6, 6.07) is 12.3. The van der Waals surface area contributed by atoms with Crippen LogP contribution in [-0.2, 0) is 9.53 Å². The van der Waals surface area contributed by atoms with Gasteiger partial charge in [-0.1, -0.05) is 18.2 Å². The van der Waals surface area contributed by atoms with E-state index in [1.807, 2.05) is 23.1 Å². The minimum absolute atomic E-state index is 0.0731. The summed E-state index contributed by atoms with van der Waals surface area (Å²) in [5, 5.41) is 5.19. The molecule has 0 bridgehead atoms. The zero-order chi connectivity index (χ0) is 16.2. The van der Waals surface area contributed by atoms with Gasteiger partial charge in [0.25, 0.3) is 0 Å². The van der Waals surface area contributed by atoms with Crippen molar-refractivity contribution in [2.24, 2.45) is 0 Å². The number of hydrogen-bond donors (Lipinski definition) is 1. The van der Waals surface area contributed by atoms with Crippen LogP contribution in [0, 0.1) is 0 Å². The third-order valence-electron chi connectivity index (χ3n) is 4.19. The van der Waals surface area contributed by atoms with Gasteiger partial charge >= 0.3 is 0 Å². The number of amides is 1. The molecule has 0 aliphatic carbocycles. The maximum atomic E-state index is 12.1. The molecule has 5 heteroatoms. The molecule has 0 radical (unpaired) electrons. The summed E-state index contributed by atoms with van der Waals surface area (Å²) in [7, 11) is 3.45. The smallest absolute Gasteiger partial charge is 0.236 e. The number of carbonyl (C=O) groups excluding carboxylic acids is 1. The number of nitrogens with one attached hydrogen (secondary N) is 1. The Balaban J connectivity index is 1.80. The van der Waals surface area contributed by atoms with Gasteiger partial charge in [-0.3, -0.25) is 4.79 Å². The number of morpholine rings is 1. The van der Waals surface area contributed by atoms with Crippen molar-refractivity contribution in [2.45, 2.75) is 6.10 Å². The average Bonchev–Trinajstić information content (AvgIpc) is 2.61. The van der Waals surface area contributed by atoms with Crippen molar-refractivity contribution in [3.05, 3.63) is 42.0 Å². The van der Waals surface area contributed by atoms with Crippen LogP contribution < -0.4 is 10.1 Å². The Kier molecular flexibility index (Phi) is 4.79. The molecule has 0 aromatic heterocycles. The molecule has 0 saturated carbocycles. The number of nitrogens with zero attached hydrogens (tertiary/aromatic N) is 1. The van der Waals surface area contributed by atoms with Crippen LogP contribution in [-0.4, -0.2) is 51.2 Å². The van der Waals surface area contributed by atoms with Gasteiger partial charge in [-0.05, 0) is 41.6 Å². The highest BCUT2D eigenvalue weighted by molar-refractivity contribution is 5.84. The second kappa shape index (κ2) is 6.98. The lowest BCUT2D eigenvalue weighted by Crippen LogP contribution is -2.45. The fraction of sp³-hybridized carbons (Fsp3) is 0.389. The highest BCUT2D eigenvalue weighted by Gasteiger charge is 2.25. The van der Waals surface area contributed by atoms with Gasteiger partial charge in [0, 0.05) is 6.54 Å². The number of rotatable bonds is 4. The monoisotopic (exact) mass is 314 g/mol. The van der Waals surface area contributed by atoms with Crippen LogP contribution in [0.3, 0.4) is 0 Å². The second-order valence-electron chi connectivity index (χ2n) is 5.70. The van der Waals surface area contributed by atoms with Gasteiger partial charge in [0.1, 0.15) is 11.9 Å². The van der Waals surface area contributed by atoms with Gasteiger partial charge in [0.05, 0.1) is 26.8 Å². The van der Waals surface area contributed by atoms with Crippen molar-refractivity contribution >= 4 is 16.7 Å². The van der Waals surface area contributed by atoms with E-state index in [1.54, 1.807) is 14.2 Å². The van der Waals surface area contributed by atoms with Gasteiger partial charge in [-0.2, -0.15) is 0 Å². The molecule has 2 aromatic rings. The molecule has 1 aliphatic rings. The molecule has 1 aliphatic heterocycles. The van der Waals surface area contributed by atoms with Crippen LogP contribution >= 0.6 is 0 Å². The van der Waals surface area contributed by atoms with Crippen molar-refractivity contribution in [1.82, 2.24) is 10.2 Å². The molecule has 1 N–H and O–H groups in total. The minimum atomic E-state index is -0.0731. The Bertz CT molecular complexity index is 702. The number of ether oxygens (including phenoxy) is 2. The number of fused-ring (bicyclic) bond motifs is 1. The molecule has 3 rings (SSSR count). The second-order valence-corrected chi connectivity index (χ2v) is 5.70. The van der Waals surface area contributed by atoms with Crippen LogP contribution in [0.1, 0.15) is 11.7 Å². The van der Waals surface area contributed by atoms with Crippen LogP contribution in [0.5, 0.6) is 5.75 Å².